The molecule has 1 aliphatic carbocycles. The highest BCUT2D eigenvalue weighted by Gasteiger charge is 2.41. The number of para-hydroxylation sites is 3. The number of nitrogens with zero attached hydrogens (tertiary/aromatic N) is 1. The van der Waals surface area contributed by atoms with Crippen LogP contribution < -0.4 is 29.7 Å². The van der Waals surface area contributed by atoms with Gasteiger partial charge in [-0.3, -0.25) is 4.79 Å². The summed E-state index contributed by atoms with van der Waals surface area (Å²) in [5, 5.41) is 7.53. The SMILES string of the molecule is COc1cc([C@H]2C3=C(C[C@@H](c4ccccc4)CC3=O)Nc3ccccc3N2C(=S)Nc2ccccc2)cc(OC)c1OC. The molecular formula is C35H33N3O4S. The summed E-state index contributed by atoms with van der Waals surface area (Å²) >= 11 is 6.14. The van der Waals surface area contributed by atoms with Crippen LogP contribution in [-0.2, 0) is 4.79 Å². The minimum Gasteiger partial charge on any atom is -0.493 e. The van der Waals surface area contributed by atoms with Gasteiger partial charge in [0, 0.05) is 23.4 Å². The van der Waals surface area contributed by atoms with Gasteiger partial charge in [-0.1, -0.05) is 60.7 Å². The van der Waals surface area contributed by atoms with E-state index in [0.29, 0.717) is 40.8 Å². The molecule has 1 aliphatic heterocycles. The first-order valence-corrected chi connectivity index (χ1v) is 14.6. The number of hydrogen-bond acceptors (Lipinski definition) is 6. The van der Waals surface area contributed by atoms with E-state index in [1.807, 2.05) is 89.8 Å². The van der Waals surface area contributed by atoms with E-state index in [2.05, 4.69) is 22.8 Å². The molecule has 0 saturated carbocycles. The molecule has 8 heteroatoms. The van der Waals surface area contributed by atoms with Crippen molar-refractivity contribution < 1.29 is 19.0 Å². The van der Waals surface area contributed by atoms with Gasteiger partial charge < -0.3 is 29.7 Å². The summed E-state index contributed by atoms with van der Waals surface area (Å²) in [5.74, 6) is 1.58. The van der Waals surface area contributed by atoms with E-state index in [4.69, 9.17) is 26.4 Å². The van der Waals surface area contributed by atoms with Crippen molar-refractivity contribution >= 4 is 40.2 Å². The lowest BCUT2D eigenvalue weighted by Crippen LogP contribution is -2.40. The van der Waals surface area contributed by atoms with Crippen LogP contribution in [0.25, 0.3) is 0 Å². The number of allylic oxidation sites excluding steroid dienone is 1. The van der Waals surface area contributed by atoms with Crippen molar-refractivity contribution in [3.63, 3.8) is 0 Å². The van der Waals surface area contributed by atoms with Gasteiger partial charge in [-0.05, 0) is 72.1 Å². The van der Waals surface area contributed by atoms with Gasteiger partial charge in [0.2, 0.25) is 5.75 Å². The smallest absolute Gasteiger partial charge is 0.203 e. The molecule has 0 amide bonds. The zero-order chi connectivity index (χ0) is 29.9. The molecule has 43 heavy (non-hydrogen) atoms. The van der Waals surface area contributed by atoms with Gasteiger partial charge in [-0.25, -0.2) is 0 Å². The van der Waals surface area contributed by atoms with Crippen LogP contribution in [0.3, 0.4) is 0 Å². The number of thiocarbonyl (C=S) groups is 1. The van der Waals surface area contributed by atoms with Gasteiger partial charge in [-0.2, -0.15) is 0 Å². The second-order valence-corrected chi connectivity index (χ2v) is 10.9. The second-order valence-electron chi connectivity index (χ2n) is 10.5. The van der Waals surface area contributed by atoms with E-state index in [0.717, 1.165) is 33.9 Å². The first-order valence-electron chi connectivity index (χ1n) is 14.1. The van der Waals surface area contributed by atoms with Crippen molar-refractivity contribution in [2.24, 2.45) is 0 Å². The molecule has 218 valence electrons. The third-order valence-electron chi connectivity index (χ3n) is 8.01. The molecule has 2 aliphatic rings. The minimum absolute atomic E-state index is 0.0497. The Morgan fingerprint density at radius 2 is 1.44 bits per heavy atom. The summed E-state index contributed by atoms with van der Waals surface area (Å²) in [6.45, 7) is 0. The van der Waals surface area contributed by atoms with Gasteiger partial charge in [0.25, 0.3) is 0 Å². The number of hydrogen-bond donors (Lipinski definition) is 2. The summed E-state index contributed by atoms with van der Waals surface area (Å²) in [7, 11) is 4.75. The number of carbonyl (C=O) groups excluding carboxylic acids is 1. The minimum atomic E-state index is -0.590. The number of ether oxygens (including phenoxy) is 3. The normalized spacial score (nSPS) is 17.7. The molecule has 0 aromatic heterocycles. The van der Waals surface area contributed by atoms with Crippen LogP contribution in [0.2, 0.25) is 0 Å². The lowest BCUT2D eigenvalue weighted by molar-refractivity contribution is -0.116. The quantitative estimate of drug-likeness (QED) is 0.224. The molecule has 6 rings (SSSR count). The summed E-state index contributed by atoms with van der Waals surface area (Å²) in [5.41, 5.74) is 6.01. The highest BCUT2D eigenvalue weighted by atomic mass is 32.1. The summed E-state index contributed by atoms with van der Waals surface area (Å²) in [6.07, 6.45) is 1.06. The van der Waals surface area contributed by atoms with E-state index < -0.39 is 6.04 Å². The number of carbonyl (C=O) groups is 1. The standard InChI is InChI=1S/C35H33N3O4S/c1-40-30-20-24(21-31(41-2)34(30)42-3)33-32-27(18-23(19-29(32)39)22-12-6-4-7-13-22)37-26-16-10-11-17-28(26)38(33)35(43)36-25-14-8-5-9-15-25/h4-17,20-21,23,33,37H,18-19H2,1-3H3,(H,36,43)/t23-,33+/m1/s1. The molecular weight excluding hydrogens is 558 g/mol. The zero-order valence-corrected chi connectivity index (χ0v) is 25.1. The highest BCUT2D eigenvalue weighted by Crippen LogP contribution is 2.50. The number of Topliss-reactive ketones (excluding diaryl/α,β-unsaturated/α-hetero) is 1. The maximum absolute atomic E-state index is 14.4. The van der Waals surface area contributed by atoms with Crippen molar-refractivity contribution in [3.05, 3.63) is 119 Å². The van der Waals surface area contributed by atoms with E-state index in [1.165, 1.54) is 0 Å². The van der Waals surface area contributed by atoms with E-state index in [1.54, 1.807) is 21.3 Å². The predicted molar refractivity (Wildman–Crippen MR) is 174 cm³/mol. The summed E-state index contributed by atoms with van der Waals surface area (Å²) < 4.78 is 17.1. The van der Waals surface area contributed by atoms with Gasteiger partial charge in [0.05, 0.1) is 38.7 Å². The maximum Gasteiger partial charge on any atom is 0.203 e. The summed E-state index contributed by atoms with van der Waals surface area (Å²) in [6, 6.07) is 31.2. The molecule has 4 aromatic rings. The van der Waals surface area contributed by atoms with Crippen LogP contribution in [0.15, 0.2) is 108 Å². The Morgan fingerprint density at radius 3 is 2.09 bits per heavy atom. The summed E-state index contributed by atoms with van der Waals surface area (Å²) in [4.78, 5) is 16.4. The van der Waals surface area contributed by atoms with Crippen molar-refractivity contribution in [2.75, 3.05) is 36.9 Å². The van der Waals surface area contributed by atoms with Crippen LogP contribution in [-0.4, -0.2) is 32.2 Å². The molecule has 2 atom stereocenters. The lowest BCUT2D eigenvalue weighted by Gasteiger charge is -2.37. The Hall–Kier alpha value is -4.82. The average Bonchev–Trinajstić information content (AvgIpc) is 3.19. The maximum atomic E-state index is 14.4. The average molecular weight is 592 g/mol. The fraction of sp³-hybridized carbons (Fsp3) is 0.200. The van der Waals surface area contributed by atoms with E-state index >= 15 is 0 Å². The molecule has 0 saturated heterocycles. The number of nitrogens with one attached hydrogen (secondary N) is 2. The van der Waals surface area contributed by atoms with E-state index in [9.17, 15) is 4.79 Å². The fourth-order valence-corrected chi connectivity index (χ4v) is 6.38. The van der Waals surface area contributed by atoms with Crippen molar-refractivity contribution in [1.29, 1.82) is 0 Å². The van der Waals surface area contributed by atoms with Crippen LogP contribution in [0.1, 0.15) is 35.9 Å². The van der Waals surface area contributed by atoms with Gasteiger partial charge in [0.1, 0.15) is 0 Å². The number of methoxy groups -OCH3 is 3. The number of benzene rings is 4. The third-order valence-corrected chi connectivity index (χ3v) is 8.31. The zero-order valence-electron chi connectivity index (χ0n) is 24.3. The van der Waals surface area contributed by atoms with Crippen molar-refractivity contribution in [2.45, 2.75) is 24.8 Å². The molecule has 1 heterocycles. The van der Waals surface area contributed by atoms with Crippen molar-refractivity contribution in [3.8, 4) is 17.2 Å². The Bertz CT molecular complexity index is 1670. The van der Waals surface area contributed by atoms with Crippen LogP contribution in [0.4, 0.5) is 17.1 Å². The Labute approximate surface area is 257 Å². The molecule has 7 nitrogen and oxygen atoms in total. The predicted octanol–water partition coefficient (Wildman–Crippen LogP) is 7.48. The highest BCUT2D eigenvalue weighted by molar-refractivity contribution is 7.80. The van der Waals surface area contributed by atoms with Gasteiger partial charge in [-0.15, -0.1) is 0 Å². The number of ketones is 1. The number of rotatable bonds is 6. The Kier molecular flexibility index (Phi) is 8.03. The fourth-order valence-electron chi connectivity index (χ4n) is 6.05. The lowest BCUT2D eigenvalue weighted by atomic mass is 9.78. The first kappa shape index (κ1) is 28.3. The molecule has 0 bridgehead atoms. The number of fused-ring (bicyclic) bond motifs is 1. The van der Waals surface area contributed by atoms with Crippen LogP contribution >= 0.6 is 12.2 Å². The second kappa shape index (κ2) is 12.2. The molecule has 0 spiro atoms. The largest absolute Gasteiger partial charge is 0.493 e. The first-order chi connectivity index (χ1) is 21.0. The molecule has 4 aromatic carbocycles. The Balaban J connectivity index is 1.58. The Morgan fingerprint density at radius 1 is 0.814 bits per heavy atom. The third kappa shape index (κ3) is 5.42. The van der Waals surface area contributed by atoms with Crippen LogP contribution in [0.5, 0.6) is 17.2 Å². The van der Waals surface area contributed by atoms with Gasteiger partial charge >= 0.3 is 0 Å². The van der Waals surface area contributed by atoms with Crippen LogP contribution in [0, 0.1) is 0 Å². The molecule has 0 unspecified atom stereocenters. The monoisotopic (exact) mass is 591 g/mol. The topological polar surface area (TPSA) is 72.1 Å². The molecule has 2 N–H and O–H groups in total. The van der Waals surface area contributed by atoms with E-state index in [-0.39, 0.29) is 11.7 Å². The molecule has 0 radical (unpaired) electrons. The van der Waals surface area contributed by atoms with Gasteiger partial charge in [0.15, 0.2) is 22.4 Å². The molecule has 0 fully saturated rings. The number of anilines is 3. The van der Waals surface area contributed by atoms with Crippen molar-refractivity contribution in [1.82, 2.24) is 0 Å².